The Kier molecular flexibility index (Phi) is 2.06. The largest absolute Gasteiger partial charge is 0.368 e. The predicted molar refractivity (Wildman–Crippen MR) is 68.1 cm³/mol. The van der Waals surface area contributed by atoms with Gasteiger partial charge < -0.3 is 5.32 Å². The lowest BCUT2D eigenvalue weighted by Crippen LogP contribution is -2.25. The van der Waals surface area contributed by atoms with Crippen LogP contribution >= 0.6 is 0 Å². The summed E-state index contributed by atoms with van der Waals surface area (Å²) < 4.78 is 2.18. The number of aryl methyl sites for hydroxylation is 1. The average molecular weight is 231 g/mol. The summed E-state index contributed by atoms with van der Waals surface area (Å²) in [6, 6.07) is 2.92. The summed E-state index contributed by atoms with van der Waals surface area (Å²) in [7, 11) is 0. The molecule has 0 aromatic carbocycles. The van der Waals surface area contributed by atoms with Gasteiger partial charge in [-0.25, -0.2) is 4.68 Å². The van der Waals surface area contributed by atoms with Gasteiger partial charge in [-0.1, -0.05) is 6.42 Å². The van der Waals surface area contributed by atoms with Crippen LogP contribution in [0.2, 0.25) is 0 Å². The van der Waals surface area contributed by atoms with Crippen LogP contribution in [0.5, 0.6) is 0 Å². The number of fused-ring (bicyclic) bond motifs is 3. The molecule has 3 nitrogen and oxygen atoms in total. The second-order valence-corrected chi connectivity index (χ2v) is 6.29. The Labute approximate surface area is 103 Å². The van der Waals surface area contributed by atoms with Crippen molar-refractivity contribution in [3.63, 3.8) is 0 Å². The first-order valence-corrected chi connectivity index (χ1v) is 7.14. The number of anilines is 1. The monoisotopic (exact) mass is 231 g/mol. The highest BCUT2D eigenvalue weighted by Gasteiger charge is 2.41. The van der Waals surface area contributed by atoms with Crippen LogP contribution in [0.3, 0.4) is 0 Å². The topological polar surface area (TPSA) is 29.9 Å². The summed E-state index contributed by atoms with van der Waals surface area (Å²) in [5.74, 6) is 3.97. The smallest absolute Gasteiger partial charge is 0.124 e. The Hall–Kier alpha value is -0.990. The normalized spacial score (nSPS) is 39.1. The number of hydrogen-bond acceptors (Lipinski definition) is 2. The number of hydrogen-bond donors (Lipinski definition) is 1. The SMILES string of the molecule is CC1CCn2nc(C3CC4CCC3C4)cc2N1. The van der Waals surface area contributed by atoms with E-state index >= 15 is 0 Å². The Balaban J connectivity index is 1.63. The second kappa shape index (κ2) is 3.50. The molecule has 4 unspecified atom stereocenters. The zero-order chi connectivity index (χ0) is 11.4. The van der Waals surface area contributed by atoms with Gasteiger partial charge in [0.05, 0.1) is 5.69 Å². The van der Waals surface area contributed by atoms with Crippen molar-refractivity contribution in [1.29, 1.82) is 0 Å². The highest BCUT2D eigenvalue weighted by atomic mass is 15.3. The van der Waals surface area contributed by atoms with Crippen molar-refractivity contribution in [2.45, 2.75) is 57.5 Å². The highest BCUT2D eigenvalue weighted by Crippen LogP contribution is 2.52. The Bertz CT molecular complexity index is 437. The second-order valence-electron chi connectivity index (χ2n) is 6.29. The number of nitrogens with one attached hydrogen (secondary N) is 1. The quantitative estimate of drug-likeness (QED) is 0.805. The van der Waals surface area contributed by atoms with Crippen LogP contribution in [0.1, 0.15) is 50.6 Å². The van der Waals surface area contributed by atoms with Gasteiger partial charge in [-0.3, -0.25) is 0 Å². The molecule has 2 fully saturated rings. The summed E-state index contributed by atoms with van der Waals surface area (Å²) in [6.45, 7) is 3.35. The zero-order valence-electron chi connectivity index (χ0n) is 10.5. The van der Waals surface area contributed by atoms with E-state index in [-0.39, 0.29) is 0 Å². The molecule has 2 bridgehead atoms. The maximum Gasteiger partial charge on any atom is 0.124 e. The molecule has 2 heterocycles. The van der Waals surface area contributed by atoms with Crippen molar-refractivity contribution >= 4 is 5.82 Å². The molecule has 17 heavy (non-hydrogen) atoms. The molecule has 1 N–H and O–H groups in total. The third-order valence-electron chi connectivity index (χ3n) is 5.09. The van der Waals surface area contributed by atoms with Crippen LogP contribution in [0.25, 0.3) is 0 Å². The number of rotatable bonds is 1. The number of nitrogens with zero attached hydrogens (tertiary/aromatic N) is 2. The average Bonchev–Trinajstić information content (AvgIpc) is 3.01. The van der Waals surface area contributed by atoms with Crippen LogP contribution in [0.15, 0.2) is 6.07 Å². The minimum atomic E-state index is 0.604. The lowest BCUT2D eigenvalue weighted by molar-refractivity contribution is 0.406. The van der Waals surface area contributed by atoms with Crippen molar-refractivity contribution < 1.29 is 0 Å². The Morgan fingerprint density at radius 1 is 1.29 bits per heavy atom. The zero-order valence-corrected chi connectivity index (χ0v) is 10.5. The molecule has 1 aromatic heterocycles. The van der Waals surface area contributed by atoms with Crippen LogP contribution in [-0.2, 0) is 6.54 Å². The summed E-state index contributed by atoms with van der Waals surface area (Å²) >= 11 is 0. The van der Waals surface area contributed by atoms with E-state index in [1.807, 2.05) is 0 Å². The number of aromatic nitrogens is 2. The van der Waals surface area contributed by atoms with Gasteiger partial charge in [-0.2, -0.15) is 5.10 Å². The molecule has 3 aliphatic rings. The van der Waals surface area contributed by atoms with E-state index < -0.39 is 0 Å². The van der Waals surface area contributed by atoms with E-state index in [0.717, 1.165) is 24.3 Å². The van der Waals surface area contributed by atoms with Crippen LogP contribution in [0.4, 0.5) is 5.82 Å². The van der Waals surface area contributed by atoms with Crippen molar-refractivity contribution in [1.82, 2.24) is 9.78 Å². The van der Waals surface area contributed by atoms with E-state index in [1.165, 1.54) is 43.6 Å². The highest BCUT2D eigenvalue weighted by molar-refractivity contribution is 5.41. The van der Waals surface area contributed by atoms with Crippen molar-refractivity contribution in [2.24, 2.45) is 11.8 Å². The maximum atomic E-state index is 4.84. The molecule has 0 radical (unpaired) electrons. The van der Waals surface area contributed by atoms with Crippen LogP contribution in [0, 0.1) is 11.8 Å². The van der Waals surface area contributed by atoms with Gasteiger partial charge in [0.25, 0.3) is 0 Å². The molecular formula is C14H21N3. The van der Waals surface area contributed by atoms with Crippen molar-refractivity contribution in [3.05, 3.63) is 11.8 Å². The molecule has 3 heteroatoms. The molecule has 1 aliphatic heterocycles. The molecule has 1 aromatic rings. The third-order valence-corrected chi connectivity index (χ3v) is 5.09. The van der Waals surface area contributed by atoms with Crippen LogP contribution in [-0.4, -0.2) is 15.8 Å². The van der Waals surface area contributed by atoms with Gasteiger partial charge in [-0.05, 0) is 44.4 Å². The predicted octanol–water partition coefficient (Wildman–Crippen LogP) is 2.99. The molecule has 4 rings (SSSR count). The molecule has 0 amide bonds. The molecule has 0 saturated heterocycles. The maximum absolute atomic E-state index is 4.84. The van der Waals surface area contributed by atoms with Gasteiger partial charge in [0, 0.05) is 24.6 Å². The van der Waals surface area contributed by atoms with E-state index in [2.05, 4.69) is 23.0 Å². The summed E-state index contributed by atoms with van der Waals surface area (Å²) in [5, 5.41) is 8.39. The fraction of sp³-hybridized carbons (Fsp3) is 0.786. The fourth-order valence-electron chi connectivity index (χ4n) is 4.15. The molecule has 2 saturated carbocycles. The van der Waals surface area contributed by atoms with Gasteiger partial charge in [0.1, 0.15) is 5.82 Å². The van der Waals surface area contributed by atoms with Gasteiger partial charge in [-0.15, -0.1) is 0 Å². The van der Waals surface area contributed by atoms with Gasteiger partial charge in [0.15, 0.2) is 0 Å². The van der Waals surface area contributed by atoms with E-state index in [9.17, 15) is 0 Å². The van der Waals surface area contributed by atoms with E-state index in [1.54, 1.807) is 0 Å². The lowest BCUT2D eigenvalue weighted by atomic mass is 9.86. The summed E-state index contributed by atoms with van der Waals surface area (Å²) in [5.41, 5.74) is 1.37. The summed E-state index contributed by atoms with van der Waals surface area (Å²) in [4.78, 5) is 0. The summed E-state index contributed by atoms with van der Waals surface area (Å²) in [6.07, 6.45) is 6.99. The van der Waals surface area contributed by atoms with E-state index in [0.29, 0.717) is 6.04 Å². The first-order valence-electron chi connectivity index (χ1n) is 7.14. The Morgan fingerprint density at radius 3 is 3.00 bits per heavy atom. The third kappa shape index (κ3) is 1.51. The minimum absolute atomic E-state index is 0.604. The van der Waals surface area contributed by atoms with Crippen LogP contribution < -0.4 is 5.32 Å². The minimum Gasteiger partial charge on any atom is -0.368 e. The first kappa shape index (κ1) is 9.98. The van der Waals surface area contributed by atoms with Crippen molar-refractivity contribution in [2.75, 3.05) is 5.32 Å². The van der Waals surface area contributed by atoms with Gasteiger partial charge in [0.2, 0.25) is 0 Å². The van der Waals surface area contributed by atoms with E-state index in [4.69, 9.17) is 5.10 Å². The lowest BCUT2D eigenvalue weighted by Gasteiger charge is -2.21. The molecule has 2 aliphatic carbocycles. The standard InChI is InChI=1S/C14H21N3/c1-9-4-5-17-14(15-9)8-13(16-17)12-7-10-2-3-11(12)6-10/h8-12,15H,2-7H2,1H3. The Morgan fingerprint density at radius 2 is 2.24 bits per heavy atom. The van der Waals surface area contributed by atoms with Crippen molar-refractivity contribution in [3.8, 4) is 0 Å². The van der Waals surface area contributed by atoms with Gasteiger partial charge >= 0.3 is 0 Å². The fourth-order valence-corrected chi connectivity index (χ4v) is 4.15. The molecule has 0 spiro atoms. The molecule has 92 valence electrons. The molecule has 4 atom stereocenters. The molecular weight excluding hydrogens is 210 g/mol. The first-order chi connectivity index (χ1) is 8.29.